The SMILES string of the molecule is O=S(=O)(c1ccc(O)cc1Br)C1CC1. The van der Waals surface area contributed by atoms with Gasteiger partial charge in [0.25, 0.3) is 0 Å². The molecule has 76 valence electrons. The molecule has 5 heteroatoms. The Kier molecular flexibility index (Phi) is 2.31. The van der Waals surface area contributed by atoms with Gasteiger partial charge in [-0.3, -0.25) is 0 Å². The first-order valence-electron chi connectivity index (χ1n) is 4.24. The second-order valence-corrected chi connectivity index (χ2v) is 6.41. The second-order valence-electron chi connectivity index (χ2n) is 3.36. The van der Waals surface area contributed by atoms with Crippen molar-refractivity contribution < 1.29 is 13.5 Å². The van der Waals surface area contributed by atoms with Crippen LogP contribution in [-0.2, 0) is 9.84 Å². The molecule has 0 amide bonds. The molecule has 0 radical (unpaired) electrons. The van der Waals surface area contributed by atoms with E-state index < -0.39 is 9.84 Å². The van der Waals surface area contributed by atoms with Crippen LogP contribution in [-0.4, -0.2) is 18.8 Å². The van der Waals surface area contributed by atoms with Crippen LogP contribution in [0.1, 0.15) is 12.8 Å². The number of sulfone groups is 1. The Morgan fingerprint density at radius 3 is 2.50 bits per heavy atom. The summed E-state index contributed by atoms with van der Waals surface area (Å²) in [6, 6.07) is 4.22. The lowest BCUT2D eigenvalue weighted by Crippen LogP contribution is -2.07. The van der Waals surface area contributed by atoms with Gasteiger partial charge < -0.3 is 5.11 Å². The molecule has 0 aliphatic heterocycles. The van der Waals surface area contributed by atoms with Crippen molar-refractivity contribution in [3.05, 3.63) is 22.7 Å². The lowest BCUT2D eigenvalue weighted by atomic mass is 10.3. The molecule has 3 nitrogen and oxygen atoms in total. The molecule has 0 bridgehead atoms. The largest absolute Gasteiger partial charge is 0.508 e. The molecule has 0 unspecified atom stereocenters. The van der Waals surface area contributed by atoms with E-state index in [2.05, 4.69) is 15.9 Å². The minimum Gasteiger partial charge on any atom is -0.508 e. The Morgan fingerprint density at radius 1 is 1.36 bits per heavy atom. The Bertz CT molecular complexity index is 463. The van der Waals surface area contributed by atoms with E-state index >= 15 is 0 Å². The topological polar surface area (TPSA) is 54.4 Å². The molecule has 0 spiro atoms. The van der Waals surface area contributed by atoms with Gasteiger partial charge >= 0.3 is 0 Å². The van der Waals surface area contributed by atoms with Crippen LogP contribution >= 0.6 is 15.9 Å². The summed E-state index contributed by atoms with van der Waals surface area (Å²) in [6.07, 6.45) is 1.49. The number of rotatable bonds is 2. The molecule has 2 rings (SSSR count). The molecule has 0 atom stereocenters. The number of aromatic hydroxyl groups is 1. The van der Waals surface area contributed by atoms with E-state index in [0.717, 1.165) is 12.8 Å². The van der Waals surface area contributed by atoms with Crippen molar-refractivity contribution in [1.82, 2.24) is 0 Å². The summed E-state index contributed by atoms with van der Waals surface area (Å²) in [5, 5.41) is 8.91. The molecule has 1 aromatic rings. The van der Waals surface area contributed by atoms with E-state index in [-0.39, 0.29) is 15.9 Å². The lowest BCUT2D eigenvalue weighted by Gasteiger charge is -2.05. The van der Waals surface area contributed by atoms with Crippen molar-refractivity contribution in [2.45, 2.75) is 23.0 Å². The normalized spacial score (nSPS) is 16.9. The Morgan fingerprint density at radius 2 is 2.00 bits per heavy atom. The average molecular weight is 277 g/mol. The monoisotopic (exact) mass is 276 g/mol. The first kappa shape index (κ1) is 9.98. The molecule has 1 aliphatic carbocycles. The van der Waals surface area contributed by atoms with Crippen molar-refractivity contribution in [1.29, 1.82) is 0 Å². The number of phenolic OH excluding ortho intramolecular Hbond substituents is 1. The van der Waals surface area contributed by atoms with Gasteiger partial charge in [0.2, 0.25) is 0 Å². The van der Waals surface area contributed by atoms with Gasteiger partial charge in [-0.2, -0.15) is 0 Å². The van der Waals surface area contributed by atoms with E-state index in [0.29, 0.717) is 4.47 Å². The molecular formula is C9H9BrO3S. The van der Waals surface area contributed by atoms with Gasteiger partial charge in [-0.25, -0.2) is 8.42 Å². The van der Waals surface area contributed by atoms with E-state index in [9.17, 15) is 8.42 Å². The van der Waals surface area contributed by atoms with Crippen LogP contribution in [0.25, 0.3) is 0 Å². The fourth-order valence-corrected chi connectivity index (χ4v) is 4.03. The van der Waals surface area contributed by atoms with E-state index in [1.165, 1.54) is 18.2 Å². The highest BCUT2D eigenvalue weighted by atomic mass is 79.9. The third kappa shape index (κ3) is 1.66. The second kappa shape index (κ2) is 3.24. The average Bonchev–Trinajstić information content (AvgIpc) is 2.84. The quantitative estimate of drug-likeness (QED) is 0.900. The van der Waals surface area contributed by atoms with E-state index in [4.69, 9.17) is 5.11 Å². The van der Waals surface area contributed by atoms with Gasteiger partial charge in [-0.15, -0.1) is 0 Å². The van der Waals surface area contributed by atoms with Crippen molar-refractivity contribution in [3.63, 3.8) is 0 Å². The van der Waals surface area contributed by atoms with Crippen LogP contribution in [0.4, 0.5) is 0 Å². The van der Waals surface area contributed by atoms with Crippen LogP contribution in [0.2, 0.25) is 0 Å². The molecule has 1 fully saturated rings. The number of hydrogen-bond acceptors (Lipinski definition) is 3. The number of phenols is 1. The smallest absolute Gasteiger partial charge is 0.182 e. The summed E-state index contributed by atoms with van der Waals surface area (Å²) in [4.78, 5) is 0.276. The molecule has 1 aromatic carbocycles. The van der Waals surface area contributed by atoms with Crippen molar-refractivity contribution >= 4 is 25.8 Å². The highest BCUT2D eigenvalue weighted by Gasteiger charge is 2.37. The predicted octanol–water partition coefficient (Wildman–Crippen LogP) is 2.09. The third-order valence-electron chi connectivity index (χ3n) is 2.19. The lowest BCUT2D eigenvalue weighted by molar-refractivity contribution is 0.474. The van der Waals surface area contributed by atoms with Crippen molar-refractivity contribution in [2.24, 2.45) is 0 Å². The maximum atomic E-state index is 11.8. The molecule has 1 saturated carbocycles. The van der Waals surface area contributed by atoms with E-state index in [1.807, 2.05) is 0 Å². The summed E-state index contributed by atoms with van der Waals surface area (Å²) in [7, 11) is -3.17. The molecule has 14 heavy (non-hydrogen) atoms. The van der Waals surface area contributed by atoms with Crippen LogP contribution in [0.15, 0.2) is 27.6 Å². The van der Waals surface area contributed by atoms with Gasteiger partial charge in [-0.1, -0.05) is 0 Å². The summed E-state index contributed by atoms with van der Waals surface area (Å²) in [5.74, 6) is 0.0617. The molecule has 1 N–H and O–H groups in total. The third-order valence-corrected chi connectivity index (χ3v) is 5.42. The molecule has 0 saturated heterocycles. The molecule has 1 aliphatic rings. The summed E-state index contributed by atoms with van der Waals surface area (Å²) >= 11 is 3.14. The predicted molar refractivity (Wildman–Crippen MR) is 56.0 cm³/mol. The maximum Gasteiger partial charge on any atom is 0.182 e. The zero-order chi connectivity index (χ0) is 10.3. The van der Waals surface area contributed by atoms with Gasteiger partial charge in [0.15, 0.2) is 9.84 Å². The Labute approximate surface area is 90.8 Å². The van der Waals surface area contributed by atoms with Gasteiger partial charge in [0, 0.05) is 4.47 Å². The van der Waals surface area contributed by atoms with Crippen LogP contribution < -0.4 is 0 Å². The van der Waals surface area contributed by atoms with Crippen LogP contribution in [0.3, 0.4) is 0 Å². The maximum absolute atomic E-state index is 11.8. The minimum atomic E-state index is -3.17. The first-order chi connectivity index (χ1) is 6.51. The van der Waals surface area contributed by atoms with Gasteiger partial charge in [0.05, 0.1) is 10.1 Å². The molecule has 0 heterocycles. The van der Waals surface area contributed by atoms with Crippen LogP contribution in [0.5, 0.6) is 5.75 Å². The molecule has 0 aromatic heterocycles. The van der Waals surface area contributed by atoms with Crippen LogP contribution in [0, 0.1) is 0 Å². The first-order valence-corrected chi connectivity index (χ1v) is 6.58. The minimum absolute atomic E-state index is 0.0617. The zero-order valence-electron chi connectivity index (χ0n) is 7.27. The summed E-state index contributed by atoms with van der Waals surface area (Å²) in [6.45, 7) is 0. The number of benzene rings is 1. The summed E-state index contributed by atoms with van der Waals surface area (Å²) in [5.41, 5.74) is 0. The van der Waals surface area contributed by atoms with Crippen molar-refractivity contribution in [3.8, 4) is 5.75 Å². The van der Waals surface area contributed by atoms with Crippen molar-refractivity contribution in [2.75, 3.05) is 0 Å². The number of hydrogen-bond donors (Lipinski definition) is 1. The fourth-order valence-electron chi connectivity index (χ4n) is 1.28. The molecular weight excluding hydrogens is 268 g/mol. The Balaban J connectivity index is 2.51. The summed E-state index contributed by atoms with van der Waals surface area (Å²) < 4.78 is 24.1. The fraction of sp³-hybridized carbons (Fsp3) is 0.333. The zero-order valence-corrected chi connectivity index (χ0v) is 9.68. The van der Waals surface area contributed by atoms with Gasteiger partial charge in [0.1, 0.15) is 5.75 Å². The number of halogens is 1. The standard InChI is InChI=1S/C9H9BrO3S/c10-8-5-6(11)1-4-9(8)14(12,13)7-2-3-7/h1,4-5,7,11H,2-3H2. The Hall–Kier alpha value is -0.550. The highest BCUT2D eigenvalue weighted by molar-refractivity contribution is 9.10. The highest BCUT2D eigenvalue weighted by Crippen LogP contribution is 2.37. The van der Waals surface area contributed by atoms with Gasteiger partial charge in [-0.05, 0) is 47.0 Å². The van der Waals surface area contributed by atoms with E-state index in [1.54, 1.807) is 0 Å².